The summed E-state index contributed by atoms with van der Waals surface area (Å²) in [6.45, 7) is 5.81. The lowest BCUT2D eigenvalue weighted by atomic mass is 9.74. The molecule has 0 aromatic heterocycles. The Morgan fingerprint density at radius 1 is 1.44 bits per heavy atom. The topological polar surface area (TPSA) is 66.8 Å². The molecule has 0 unspecified atom stereocenters. The quantitative estimate of drug-likeness (QED) is 0.837. The van der Waals surface area contributed by atoms with E-state index in [9.17, 15) is 14.7 Å². The van der Waals surface area contributed by atoms with Crippen LogP contribution in [0.5, 0.6) is 0 Å². The van der Waals surface area contributed by atoms with Crippen LogP contribution in [0.1, 0.15) is 24.9 Å². The first kappa shape index (κ1) is 16.1. The van der Waals surface area contributed by atoms with Crippen LogP contribution >= 0.6 is 0 Å². The highest BCUT2D eigenvalue weighted by molar-refractivity contribution is 5.91. The Balaban J connectivity index is 1.78. The van der Waals surface area contributed by atoms with Gasteiger partial charge in [-0.05, 0) is 18.9 Å². The molecule has 0 aliphatic carbocycles. The summed E-state index contributed by atoms with van der Waals surface area (Å²) in [5, 5.41) is 9.65. The maximum absolute atomic E-state index is 13.3. The molecule has 130 valence electrons. The highest BCUT2D eigenvalue weighted by atomic mass is 16.5. The van der Waals surface area contributed by atoms with Gasteiger partial charge in [-0.15, -0.1) is 6.58 Å². The average molecular weight is 339 g/mol. The van der Waals surface area contributed by atoms with Gasteiger partial charge in [0.1, 0.15) is 11.5 Å². The number of carbonyl (C=O) groups excluding carboxylic acids is 1. The Labute approximate surface area is 146 Å². The summed E-state index contributed by atoms with van der Waals surface area (Å²) in [7, 11) is 0. The zero-order valence-corrected chi connectivity index (χ0v) is 14.0. The molecule has 3 aliphatic rings. The number of ether oxygens (including phenoxy) is 1. The second-order valence-electron chi connectivity index (χ2n) is 7.01. The summed E-state index contributed by atoms with van der Waals surface area (Å²) >= 11 is 0. The van der Waals surface area contributed by atoms with Crippen molar-refractivity contribution in [3.05, 3.63) is 60.7 Å². The predicted molar refractivity (Wildman–Crippen MR) is 91.7 cm³/mol. The van der Waals surface area contributed by atoms with E-state index in [4.69, 9.17) is 4.74 Å². The van der Waals surface area contributed by atoms with E-state index in [-0.39, 0.29) is 18.0 Å². The fourth-order valence-electron chi connectivity index (χ4n) is 4.77. The van der Waals surface area contributed by atoms with Crippen molar-refractivity contribution in [2.75, 3.05) is 0 Å². The summed E-state index contributed by atoms with van der Waals surface area (Å²) in [6.07, 6.45) is 5.52. The largest absolute Gasteiger partial charge is 0.481 e. The van der Waals surface area contributed by atoms with Crippen molar-refractivity contribution < 1.29 is 19.4 Å². The molecule has 1 aromatic carbocycles. The van der Waals surface area contributed by atoms with Gasteiger partial charge in [0.2, 0.25) is 5.91 Å². The molecule has 1 N–H and O–H groups in total. The van der Waals surface area contributed by atoms with Crippen LogP contribution in [0.3, 0.4) is 0 Å². The van der Waals surface area contributed by atoms with Gasteiger partial charge < -0.3 is 14.7 Å². The van der Waals surface area contributed by atoms with E-state index in [0.717, 1.165) is 5.56 Å². The zero-order chi connectivity index (χ0) is 17.8. The molecule has 2 saturated heterocycles. The van der Waals surface area contributed by atoms with Crippen LogP contribution in [0.4, 0.5) is 0 Å². The number of hydrogen-bond donors (Lipinski definition) is 1. The Kier molecular flexibility index (Phi) is 3.58. The van der Waals surface area contributed by atoms with E-state index in [1.807, 2.05) is 48.2 Å². The zero-order valence-electron chi connectivity index (χ0n) is 14.0. The van der Waals surface area contributed by atoms with E-state index >= 15 is 0 Å². The third kappa shape index (κ3) is 2.05. The number of benzene rings is 1. The Morgan fingerprint density at radius 2 is 2.16 bits per heavy atom. The highest BCUT2D eigenvalue weighted by Crippen LogP contribution is 2.57. The van der Waals surface area contributed by atoms with Crippen molar-refractivity contribution in [1.29, 1.82) is 0 Å². The molecule has 1 amide bonds. The van der Waals surface area contributed by atoms with Crippen molar-refractivity contribution in [2.24, 2.45) is 11.8 Å². The monoisotopic (exact) mass is 339 g/mol. The molecule has 2 fully saturated rings. The lowest BCUT2D eigenvalue weighted by Gasteiger charge is -2.36. The Hall–Kier alpha value is -2.40. The molecular formula is C20H21NO4. The normalized spacial score (nSPS) is 36.5. The highest BCUT2D eigenvalue weighted by Gasteiger charge is 2.71. The number of amides is 1. The average Bonchev–Trinajstić information content (AvgIpc) is 3.24. The first-order chi connectivity index (χ1) is 12.0. The third-order valence-corrected chi connectivity index (χ3v) is 5.84. The Morgan fingerprint density at radius 3 is 2.80 bits per heavy atom. The molecule has 6 atom stereocenters. The van der Waals surface area contributed by atoms with Gasteiger partial charge in [-0.25, -0.2) is 0 Å². The van der Waals surface area contributed by atoms with Crippen molar-refractivity contribution in [2.45, 2.75) is 37.1 Å². The minimum Gasteiger partial charge on any atom is -0.481 e. The lowest BCUT2D eigenvalue weighted by Crippen LogP contribution is -2.45. The standard InChI is InChI=1S/C20H21NO4/c1-3-7-15-20-11-10-14(25-20)16(19(23)24)17(20)18(22)21(15)12(2)13-8-5-4-6-9-13/h3-6,8-12,14-17H,1,7H2,2H3,(H,23,24)/t12-,14-,15+,16-,17-,20+/m0/s1. The predicted octanol–water partition coefficient (Wildman–Crippen LogP) is 2.56. The van der Waals surface area contributed by atoms with E-state index in [2.05, 4.69) is 6.58 Å². The van der Waals surface area contributed by atoms with Crippen LogP contribution in [0, 0.1) is 11.8 Å². The first-order valence-electron chi connectivity index (χ1n) is 8.59. The van der Waals surface area contributed by atoms with E-state index in [1.165, 1.54) is 0 Å². The smallest absolute Gasteiger partial charge is 0.310 e. The van der Waals surface area contributed by atoms with Gasteiger partial charge in [0, 0.05) is 0 Å². The lowest BCUT2D eigenvalue weighted by molar-refractivity contribution is -0.149. The van der Waals surface area contributed by atoms with Crippen LogP contribution in [-0.4, -0.2) is 39.6 Å². The van der Waals surface area contributed by atoms with Gasteiger partial charge in [0.05, 0.1) is 24.1 Å². The number of carboxylic acid groups (broad SMARTS) is 1. The molecule has 5 nitrogen and oxygen atoms in total. The molecule has 0 saturated carbocycles. The molecule has 1 aromatic rings. The number of carboxylic acids is 1. The molecule has 3 heterocycles. The van der Waals surface area contributed by atoms with E-state index in [1.54, 1.807) is 12.2 Å². The van der Waals surface area contributed by atoms with Gasteiger partial charge in [-0.3, -0.25) is 9.59 Å². The minimum atomic E-state index is -0.971. The number of likely N-dealkylation sites (tertiary alicyclic amines) is 1. The second kappa shape index (κ2) is 5.56. The molecule has 25 heavy (non-hydrogen) atoms. The minimum absolute atomic E-state index is 0.137. The van der Waals surface area contributed by atoms with Crippen molar-refractivity contribution in [1.82, 2.24) is 4.90 Å². The molecular weight excluding hydrogens is 318 g/mol. The van der Waals surface area contributed by atoms with Gasteiger partial charge in [-0.2, -0.15) is 0 Å². The number of nitrogens with zero attached hydrogens (tertiary/aromatic N) is 1. The first-order valence-corrected chi connectivity index (χ1v) is 8.59. The van der Waals surface area contributed by atoms with Crippen LogP contribution in [0.2, 0.25) is 0 Å². The van der Waals surface area contributed by atoms with Crippen molar-refractivity contribution >= 4 is 11.9 Å². The van der Waals surface area contributed by atoms with E-state index < -0.39 is 29.5 Å². The van der Waals surface area contributed by atoms with Crippen LogP contribution in [0.25, 0.3) is 0 Å². The third-order valence-electron chi connectivity index (χ3n) is 5.84. The molecule has 3 aliphatic heterocycles. The maximum atomic E-state index is 13.3. The van der Waals surface area contributed by atoms with Crippen molar-refractivity contribution in [3.8, 4) is 0 Å². The summed E-state index contributed by atoms with van der Waals surface area (Å²) in [5.41, 5.74) is 0.161. The summed E-state index contributed by atoms with van der Waals surface area (Å²) < 4.78 is 6.11. The summed E-state index contributed by atoms with van der Waals surface area (Å²) in [4.78, 5) is 26.9. The molecule has 2 bridgehead atoms. The number of fused-ring (bicyclic) bond motifs is 1. The van der Waals surface area contributed by atoms with Gasteiger partial charge in [0.25, 0.3) is 0 Å². The summed E-state index contributed by atoms with van der Waals surface area (Å²) in [6, 6.07) is 9.37. The van der Waals surface area contributed by atoms with Gasteiger partial charge in [0.15, 0.2) is 0 Å². The summed E-state index contributed by atoms with van der Waals surface area (Å²) in [5.74, 6) is -2.60. The maximum Gasteiger partial charge on any atom is 0.310 e. The molecule has 4 rings (SSSR count). The fraction of sp³-hybridized carbons (Fsp3) is 0.400. The SMILES string of the molecule is C=CC[C@H]1N([C@@H](C)c2ccccc2)C(=O)[C@@H]2[C@@H](C(=O)O)[C@@H]3C=C[C@]21O3. The molecule has 1 spiro atoms. The second-order valence-corrected chi connectivity index (χ2v) is 7.01. The van der Waals surface area contributed by atoms with Crippen LogP contribution in [-0.2, 0) is 14.3 Å². The van der Waals surface area contributed by atoms with E-state index in [0.29, 0.717) is 6.42 Å². The Bertz CT molecular complexity index is 758. The number of aliphatic carboxylic acids is 1. The van der Waals surface area contributed by atoms with Gasteiger partial charge in [-0.1, -0.05) is 48.6 Å². The number of carbonyl (C=O) groups is 2. The number of hydrogen-bond acceptors (Lipinski definition) is 3. The molecule has 5 heteroatoms. The molecule has 0 radical (unpaired) electrons. The van der Waals surface area contributed by atoms with Crippen LogP contribution in [0.15, 0.2) is 55.1 Å². The van der Waals surface area contributed by atoms with Crippen LogP contribution < -0.4 is 0 Å². The van der Waals surface area contributed by atoms with Gasteiger partial charge >= 0.3 is 5.97 Å². The number of rotatable bonds is 5. The van der Waals surface area contributed by atoms with Crippen molar-refractivity contribution in [3.63, 3.8) is 0 Å². The fourth-order valence-corrected chi connectivity index (χ4v) is 4.77.